The van der Waals surface area contributed by atoms with Crippen molar-refractivity contribution in [3.05, 3.63) is 63.6 Å². The molecule has 0 heterocycles. The Morgan fingerprint density at radius 1 is 1.14 bits per heavy atom. The first-order valence-electron chi connectivity index (χ1n) is 6.50. The lowest BCUT2D eigenvalue weighted by Gasteiger charge is -2.08. The van der Waals surface area contributed by atoms with Gasteiger partial charge in [0.25, 0.3) is 0 Å². The predicted molar refractivity (Wildman–Crippen MR) is 77.6 cm³/mol. The van der Waals surface area contributed by atoms with Crippen LogP contribution >= 0.6 is 15.9 Å². The third kappa shape index (κ3) is 3.13. The average molecular weight is 353 g/mol. The van der Waals surface area contributed by atoms with E-state index in [0.29, 0.717) is 5.75 Å². The maximum Gasteiger partial charge on any atom is 0.199 e. The van der Waals surface area contributed by atoms with Crippen molar-refractivity contribution in [1.82, 2.24) is 0 Å². The van der Waals surface area contributed by atoms with Crippen LogP contribution in [0.25, 0.3) is 0 Å². The van der Waals surface area contributed by atoms with Crippen molar-refractivity contribution >= 4 is 21.7 Å². The minimum atomic E-state index is -0.889. The summed E-state index contributed by atoms with van der Waals surface area (Å²) in [6.07, 6.45) is 2.18. The molecule has 5 heteroatoms. The van der Waals surface area contributed by atoms with Crippen LogP contribution in [0.4, 0.5) is 8.78 Å². The van der Waals surface area contributed by atoms with Crippen LogP contribution in [0.2, 0.25) is 0 Å². The quantitative estimate of drug-likeness (QED) is 0.757. The molecule has 0 saturated heterocycles. The lowest BCUT2D eigenvalue weighted by molar-refractivity contribution is 0.103. The Bertz CT molecular complexity index is 688. The van der Waals surface area contributed by atoms with Gasteiger partial charge in [0.15, 0.2) is 5.78 Å². The van der Waals surface area contributed by atoms with Crippen molar-refractivity contribution in [2.45, 2.75) is 18.9 Å². The number of halogens is 3. The molecule has 0 aromatic heterocycles. The molecule has 0 bridgehead atoms. The molecule has 0 unspecified atom stereocenters. The molecule has 1 fully saturated rings. The third-order valence-corrected chi connectivity index (χ3v) is 3.62. The summed E-state index contributed by atoms with van der Waals surface area (Å²) in [6.45, 7) is 0. The molecule has 3 rings (SSSR count). The van der Waals surface area contributed by atoms with Crippen LogP contribution in [0, 0.1) is 11.6 Å². The molecule has 0 aliphatic heterocycles. The summed E-state index contributed by atoms with van der Waals surface area (Å²) in [6, 6.07) is 8.54. The molecule has 1 saturated carbocycles. The molecule has 2 aromatic carbocycles. The molecule has 21 heavy (non-hydrogen) atoms. The largest absolute Gasteiger partial charge is 0.490 e. The van der Waals surface area contributed by atoms with E-state index < -0.39 is 23.0 Å². The Kier molecular flexibility index (Phi) is 3.76. The van der Waals surface area contributed by atoms with Gasteiger partial charge < -0.3 is 4.74 Å². The highest BCUT2D eigenvalue weighted by atomic mass is 79.9. The van der Waals surface area contributed by atoms with Crippen LogP contribution in [0.5, 0.6) is 5.75 Å². The zero-order valence-electron chi connectivity index (χ0n) is 10.9. The van der Waals surface area contributed by atoms with Crippen molar-refractivity contribution in [2.75, 3.05) is 0 Å². The van der Waals surface area contributed by atoms with Gasteiger partial charge in [-0.2, -0.15) is 0 Å². The highest BCUT2D eigenvalue weighted by molar-refractivity contribution is 9.10. The summed E-state index contributed by atoms with van der Waals surface area (Å²) in [5, 5.41) is 0. The first-order chi connectivity index (χ1) is 10.0. The summed E-state index contributed by atoms with van der Waals surface area (Å²) >= 11 is 2.99. The molecule has 1 aliphatic carbocycles. The van der Waals surface area contributed by atoms with Crippen LogP contribution in [-0.2, 0) is 0 Å². The molecule has 0 N–H and O–H groups in total. The topological polar surface area (TPSA) is 26.3 Å². The van der Waals surface area contributed by atoms with E-state index in [1.165, 1.54) is 12.1 Å². The van der Waals surface area contributed by atoms with Gasteiger partial charge in [0.1, 0.15) is 17.4 Å². The van der Waals surface area contributed by atoms with Gasteiger partial charge in [-0.05, 0) is 37.1 Å². The molecule has 1 aliphatic rings. The van der Waals surface area contributed by atoms with E-state index in [4.69, 9.17) is 4.74 Å². The van der Waals surface area contributed by atoms with Crippen molar-refractivity contribution in [3.8, 4) is 5.75 Å². The molecule has 0 atom stereocenters. The van der Waals surface area contributed by atoms with Crippen molar-refractivity contribution < 1.29 is 18.3 Å². The molecule has 2 aromatic rings. The molecular weight excluding hydrogens is 342 g/mol. The number of carbonyl (C=O) groups excluding carboxylic acids is 1. The minimum absolute atomic E-state index is 0.191. The minimum Gasteiger partial charge on any atom is -0.490 e. The molecular formula is C16H11BrF2O2. The van der Waals surface area contributed by atoms with Crippen molar-refractivity contribution in [2.24, 2.45) is 0 Å². The van der Waals surface area contributed by atoms with Crippen LogP contribution in [0.1, 0.15) is 28.8 Å². The SMILES string of the molecule is O=C(c1cccc(OC2CC2)c1)c1c(F)cc(Br)cc1F. The summed E-state index contributed by atoms with van der Waals surface area (Å²) in [5.74, 6) is -1.93. The maximum atomic E-state index is 13.8. The van der Waals surface area contributed by atoms with Gasteiger partial charge in [-0.3, -0.25) is 4.79 Å². The lowest BCUT2D eigenvalue weighted by Crippen LogP contribution is -2.08. The first-order valence-corrected chi connectivity index (χ1v) is 7.30. The standard InChI is InChI=1S/C16H11BrF2O2/c17-10-7-13(18)15(14(19)8-10)16(20)9-2-1-3-12(6-9)21-11-4-5-11/h1-3,6-8,11H,4-5H2. The molecule has 0 spiro atoms. The normalized spacial score (nSPS) is 14.0. The average Bonchev–Trinajstić information content (AvgIpc) is 3.21. The molecule has 108 valence electrons. The number of ether oxygens (including phenoxy) is 1. The Morgan fingerprint density at radius 3 is 2.43 bits per heavy atom. The monoisotopic (exact) mass is 352 g/mol. The van der Waals surface area contributed by atoms with Gasteiger partial charge in [-0.25, -0.2) is 8.78 Å². The summed E-state index contributed by atoms with van der Waals surface area (Å²) in [4.78, 5) is 12.3. The number of carbonyl (C=O) groups is 1. The van der Waals surface area contributed by atoms with Gasteiger partial charge in [-0.1, -0.05) is 28.1 Å². The first kappa shape index (κ1) is 14.2. The van der Waals surface area contributed by atoms with E-state index >= 15 is 0 Å². The number of benzene rings is 2. The van der Waals surface area contributed by atoms with E-state index in [0.717, 1.165) is 25.0 Å². The van der Waals surface area contributed by atoms with Crippen molar-refractivity contribution in [3.63, 3.8) is 0 Å². The van der Waals surface area contributed by atoms with Crippen LogP contribution in [0.3, 0.4) is 0 Å². The second kappa shape index (κ2) is 5.56. The second-order valence-corrected chi connectivity index (χ2v) is 5.83. The number of ketones is 1. The Balaban J connectivity index is 1.94. The zero-order chi connectivity index (χ0) is 15.0. The lowest BCUT2D eigenvalue weighted by atomic mass is 10.0. The van der Waals surface area contributed by atoms with Gasteiger partial charge in [0.05, 0.1) is 11.7 Å². The van der Waals surface area contributed by atoms with E-state index in [-0.39, 0.29) is 16.1 Å². The molecule has 2 nitrogen and oxygen atoms in total. The summed E-state index contributed by atoms with van der Waals surface area (Å²) in [7, 11) is 0. The Labute approximate surface area is 128 Å². The zero-order valence-corrected chi connectivity index (χ0v) is 12.5. The fourth-order valence-corrected chi connectivity index (χ4v) is 2.39. The van der Waals surface area contributed by atoms with E-state index in [1.54, 1.807) is 12.1 Å². The van der Waals surface area contributed by atoms with Gasteiger partial charge in [-0.15, -0.1) is 0 Å². The van der Waals surface area contributed by atoms with Gasteiger partial charge in [0.2, 0.25) is 0 Å². The van der Waals surface area contributed by atoms with Gasteiger partial charge in [0, 0.05) is 10.0 Å². The number of hydrogen-bond acceptors (Lipinski definition) is 2. The van der Waals surface area contributed by atoms with Crippen LogP contribution < -0.4 is 4.74 Å². The van der Waals surface area contributed by atoms with Crippen LogP contribution in [-0.4, -0.2) is 11.9 Å². The highest BCUT2D eigenvalue weighted by Crippen LogP contribution is 2.28. The summed E-state index contributed by atoms with van der Waals surface area (Å²) in [5.41, 5.74) is -0.352. The second-order valence-electron chi connectivity index (χ2n) is 4.92. The third-order valence-electron chi connectivity index (χ3n) is 3.16. The van der Waals surface area contributed by atoms with E-state index in [2.05, 4.69) is 15.9 Å². The molecule has 0 amide bonds. The Morgan fingerprint density at radius 2 is 1.81 bits per heavy atom. The van der Waals surface area contributed by atoms with E-state index in [1.807, 2.05) is 0 Å². The van der Waals surface area contributed by atoms with Gasteiger partial charge >= 0.3 is 0 Å². The highest BCUT2D eigenvalue weighted by Gasteiger charge is 2.24. The predicted octanol–water partition coefficient (Wildman–Crippen LogP) is 4.50. The van der Waals surface area contributed by atoms with Crippen LogP contribution in [0.15, 0.2) is 40.9 Å². The van der Waals surface area contributed by atoms with E-state index in [9.17, 15) is 13.6 Å². The summed E-state index contributed by atoms with van der Waals surface area (Å²) < 4.78 is 33.5. The fourth-order valence-electron chi connectivity index (χ4n) is 1.99. The maximum absolute atomic E-state index is 13.8. The number of rotatable bonds is 4. The Hall–Kier alpha value is -1.75. The fraction of sp³-hybridized carbons (Fsp3) is 0.188. The molecule has 0 radical (unpaired) electrons. The van der Waals surface area contributed by atoms with Crippen molar-refractivity contribution in [1.29, 1.82) is 0 Å². The smallest absolute Gasteiger partial charge is 0.199 e. The number of hydrogen-bond donors (Lipinski definition) is 0.